The molecule has 1 unspecified atom stereocenters. The van der Waals surface area contributed by atoms with Crippen LogP contribution >= 0.6 is 11.8 Å². The van der Waals surface area contributed by atoms with Crippen LogP contribution in [0.25, 0.3) is 0 Å². The summed E-state index contributed by atoms with van der Waals surface area (Å²) in [7, 11) is 0. The van der Waals surface area contributed by atoms with E-state index in [0.717, 1.165) is 11.3 Å². The molecule has 3 nitrogen and oxygen atoms in total. The number of benzene rings is 1. The maximum atomic E-state index is 11.2. The lowest BCUT2D eigenvalue weighted by Crippen LogP contribution is -2.13. The zero-order chi connectivity index (χ0) is 11.4. The first kappa shape index (κ1) is 11.9. The summed E-state index contributed by atoms with van der Waals surface area (Å²) >= 11 is 1.65. The molecule has 1 amide bonds. The maximum absolute atomic E-state index is 11.2. The summed E-state index contributed by atoms with van der Waals surface area (Å²) in [5.74, 6) is -0.423. The van der Waals surface area contributed by atoms with E-state index in [1.165, 1.54) is 0 Å². The molecule has 0 spiro atoms. The molecule has 1 atom stereocenters. The topological polar surface area (TPSA) is 69.1 Å². The molecule has 15 heavy (non-hydrogen) atoms. The Morgan fingerprint density at radius 3 is 2.73 bits per heavy atom. The van der Waals surface area contributed by atoms with Crippen molar-refractivity contribution < 1.29 is 4.79 Å². The highest BCUT2D eigenvalue weighted by molar-refractivity contribution is 8.00. The first-order valence-corrected chi connectivity index (χ1v) is 5.78. The van der Waals surface area contributed by atoms with E-state index < -0.39 is 5.91 Å². The van der Waals surface area contributed by atoms with E-state index in [1.807, 2.05) is 6.07 Å². The van der Waals surface area contributed by atoms with E-state index in [9.17, 15) is 4.79 Å². The van der Waals surface area contributed by atoms with Crippen molar-refractivity contribution in [2.75, 3.05) is 5.73 Å². The molecule has 4 N–H and O–H groups in total. The van der Waals surface area contributed by atoms with Crippen LogP contribution < -0.4 is 11.5 Å². The van der Waals surface area contributed by atoms with Crippen LogP contribution in [-0.2, 0) is 0 Å². The van der Waals surface area contributed by atoms with E-state index >= 15 is 0 Å². The van der Waals surface area contributed by atoms with Gasteiger partial charge in [0.25, 0.3) is 0 Å². The van der Waals surface area contributed by atoms with Gasteiger partial charge in [-0.3, -0.25) is 4.79 Å². The normalized spacial score (nSPS) is 12.4. The summed E-state index contributed by atoms with van der Waals surface area (Å²) in [6.07, 6.45) is 1.05. The van der Waals surface area contributed by atoms with Gasteiger partial charge < -0.3 is 11.5 Å². The Kier molecular flexibility index (Phi) is 4.03. The fourth-order valence-electron chi connectivity index (χ4n) is 1.14. The van der Waals surface area contributed by atoms with Gasteiger partial charge in [0.2, 0.25) is 5.91 Å². The lowest BCUT2D eigenvalue weighted by molar-refractivity contribution is 0.0997. The van der Waals surface area contributed by atoms with Crippen molar-refractivity contribution in [1.29, 1.82) is 0 Å². The fourth-order valence-corrected chi connectivity index (χ4v) is 2.18. The molecular formula is C11H16N2OS. The van der Waals surface area contributed by atoms with Gasteiger partial charge in [-0.2, -0.15) is 0 Å². The highest BCUT2D eigenvalue weighted by atomic mass is 32.2. The van der Waals surface area contributed by atoms with Crippen LogP contribution in [0.1, 0.15) is 30.6 Å². The van der Waals surface area contributed by atoms with Crippen LogP contribution in [0.4, 0.5) is 5.69 Å². The largest absolute Gasteiger partial charge is 0.399 e. The van der Waals surface area contributed by atoms with Gasteiger partial charge in [-0.05, 0) is 24.6 Å². The Morgan fingerprint density at radius 2 is 2.20 bits per heavy atom. The van der Waals surface area contributed by atoms with Gasteiger partial charge in [0.15, 0.2) is 0 Å². The predicted molar refractivity (Wildman–Crippen MR) is 65.0 cm³/mol. The van der Waals surface area contributed by atoms with Gasteiger partial charge in [-0.25, -0.2) is 0 Å². The first-order valence-electron chi connectivity index (χ1n) is 4.90. The number of nitrogen functional groups attached to an aromatic ring is 1. The van der Waals surface area contributed by atoms with Gasteiger partial charge in [-0.1, -0.05) is 13.8 Å². The number of nitrogens with two attached hydrogens (primary N) is 2. The van der Waals surface area contributed by atoms with E-state index in [0.29, 0.717) is 16.5 Å². The quantitative estimate of drug-likeness (QED) is 0.609. The van der Waals surface area contributed by atoms with Crippen molar-refractivity contribution >= 4 is 23.4 Å². The number of hydrogen-bond donors (Lipinski definition) is 2. The van der Waals surface area contributed by atoms with Gasteiger partial charge in [0.1, 0.15) is 0 Å². The molecule has 0 heterocycles. The molecular weight excluding hydrogens is 208 g/mol. The number of carbonyl (C=O) groups excluding carboxylic acids is 1. The molecule has 0 saturated heterocycles. The van der Waals surface area contributed by atoms with Gasteiger partial charge in [0, 0.05) is 15.8 Å². The molecule has 0 aromatic heterocycles. The number of amides is 1. The summed E-state index contributed by atoms with van der Waals surface area (Å²) in [5.41, 5.74) is 12.0. The molecule has 1 rings (SSSR count). The second-order valence-electron chi connectivity index (χ2n) is 3.46. The third-order valence-electron chi connectivity index (χ3n) is 2.17. The standard InChI is InChI=1S/C11H16N2OS/c1-3-7(2)15-10-5-4-8(12)6-9(10)11(13)14/h4-7H,3,12H2,1-2H3,(H2,13,14). The second-order valence-corrected chi connectivity index (χ2v) is 4.94. The van der Waals surface area contributed by atoms with Crippen LogP contribution in [0.15, 0.2) is 23.1 Å². The van der Waals surface area contributed by atoms with E-state index in [2.05, 4.69) is 13.8 Å². The van der Waals surface area contributed by atoms with E-state index in [4.69, 9.17) is 11.5 Å². The highest BCUT2D eigenvalue weighted by Gasteiger charge is 2.11. The zero-order valence-corrected chi connectivity index (χ0v) is 9.80. The Labute approximate surface area is 94.2 Å². The molecule has 82 valence electrons. The van der Waals surface area contributed by atoms with Gasteiger partial charge in [-0.15, -0.1) is 11.8 Å². The third kappa shape index (κ3) is 3.16. The van der Waals surface area contributed by atoms with Crippen molar-refractivity contribution in [3.05, 3.63) is 23.8 Å². The van der Waals surface area contributed by atoms with Crippen molar-refractivity contribution in [2.45, 2.75) is 30.4 Å². The molecule has 1 aromatic carbocycles. The average molecular weight is 224 g/mol. The van der Waals surface area contributed by atoms with Gasteiger partial charge in [0.05, 0.1) is 5.56 Å². The number of anilines is 1. The Morgan fingerprint density at radius 1 is 1.53 bits per heavy atom. The Hall–Kier alpha value is -1.16. The van der Waals surface area contributed by atoms with Crippen LogP contribution in [0, 0.1) is 0 Å². The molecule has 4 heteroatoms. The average Bonchev–Trinajstić information content (AvgIpc) is 2.20. The minimum atomic E-state index is -0.423. The molecule has 0 bridgehead atoms. The summed E-state index contributed by atoms with van der Waals surface area (Å²) in [5, 5.41) is 0.465. The zero-order valence-electron chi connectivity index (χ0n) is 8.99. The SMILES string of the molecule is CCC(C)Sc1ccc(N)cc1C(N)=O. The monoisotopic (exact) mass is 224 g/mol. The Balaban J connectivity index is 3.01. The van der Waals surface area contributed by atoms with Crippen molar-refractivity contribution in [2.24, 2.45) is 5.73 Å². The third-order valence-corrected chi connectivity index (χ3v) is 3.52. The summed E-state index contributed by atoms with van der Waals surface area (Å²) in [4.78, 5) is 12.1. The van der Waals surface area contributed by atoms with Crippen LogP contribution in [0.5, 0.6) is 0 Å². The first-order chi connectivity index (χ1) is 7.04. The van der Waals surface area contributed by atoms with E-state index in [-0.39, 0.29) is 0 Å². The van der Waals surface area contributed by atoms with Crippen molar-refractivity contribution in [3.8, 4) is 0 Å². The van der Waals surface area contributed by atoms with Crippen LogP contribution in [-0.4, -0.2) is 11.2 Å². The minimum absolute atomic E-state index is 0.423. The smallest absolute Gasteiger partial charge is 0.249 e. The molecule has 0 radical (unpaired) electrons. The second kappa shape index (κ2) is 5.07. The summed E-state index contributed by atoms with van der Waals surface area (Å²) in [6, 6.07) is 5.27. The lowest BCUT2D eigenvalue weighted by Gasteiger charge is -2.11. The molecule has 0 aliphatic heterocycles. The summed E-state index contributed by atoms with van der Waals surface area (Å²) in [6.45, 7) is 4.23. The highest BCUT2D eigenvalue weighted by Crippen LogP contribution is 2.29. The van der Waals surface area contributed by atoms with Crippen molar-refractivity contribution in [1.82, 2.24) is 0 Å². The van der Waals surface area contributed by atoms with Gasteiger partial charge >= 0.3 is 0 Å². The Bertz CT molecular complexity index is 366. The number of thioether (sulfide) groups is 1. The predicted octanol–water partition coefficient (Wildman–Crippen LogP) is 2.26. The molecule has 1 aromatic rings. The number of carbonyl (C=O) groups is 1. The maximum Gasteiger partial charge on any atom is 0.249 e. The fraction of sp³-hybridized carbons (Fsp3) is 0.364. The summed E-state index contributed by atoms with van der Waals surface area (Å²) < 4.78 is 0. The minimum Gasteiger partial charge on any atom is -0.399 e. The molecule has 0 aliphatic rings. The van der Waals surface area contributed by atoms with Crippen molar-refractivity contribution in [3.63, 3.8) is 0 Å². The number of primary amides is 1. The van der Waals surface area contributed by atoms with E-state index in [1.54, 1.807) is 23.9 Å². The van der Waals surface area contributed by atoms with Crippen LogP contribution in [0.3, 0.4) is 0 Å². The molecule has 0 saturated carbocycles. The number of rotatable bonds is 4. The lowest BCUT2D eigenvalue weighted by atomic mass is 10.2. The number of hydrogen-bond acceptors (Lipinski definition) is 3. The van der Waals surface area contributed by atoms with Crippen LogP contribution in [0.2, 0.25) is 0 Å². The molecule has 0 fully saturated rings. The molecule has 0 aliphatic carbocycles.